The van der Waals surface area contributed by atoms with E-state index in [0.717, 1.165) is 10.6 Å². The van der Waals surface area contributed by atoms with Crippen LogP contribution in [0, 0.1) is 0 Å². The van der Waals surface area contributed by atoms with Gasteiger partial charge in [-0.2, -0.15) is 0 Å². The lowest BCUT2D eigenvalue weighted by molar-refractivity contribution is 0.0639. The Labute approximate surface area is 150 Å². The molecule has 0 aliphatic carbocycles. The van der Waals surface area contributed by atoms with Gasteiger partial charge in [-0.05, 0) is 51.8 Å². The highest BCUT2D eigenvalue weighted by Crippen LogP contribution is 2.40. The van der Waals surface area contributed by atoms with Gasteiger partial charge in [0.1, 0.15) is 5.69 Å². The molecule has 24 heavy (non-hydrogen) atoms. The molecular weight excluding hydrogens is 335 g/mol. The predicted octanol–water partition coefficient (Wildman–Crippen LogP) is 3.40. The molecule has 1 heterocycles. The SMILES string of the molecule is CC(C)N(C(=O)c1ncccc1P(C)(=S)c1ccccc1)C(C)C. The minimum atomic E-state index is -2.07. The number of pyridine rings is 1. The molecule has 0 aliphatic rings. The highest BCUT2D eigenvalue weighted by molar-refractivity contribution is 8.21. The molecule has 0 spiro atoms. The minimum absolute atomic E-state index is 0.0393. The summed E-state index contributed by atoms with van der Waals surface area (Å²) in [5, 5.41) is 1.99. The fourth-order valence-electron chi connectivity index (χ4n) is 2.95. The maximum atomic E-state index is 13.2. The van der Waals surface area contributed by atoms with Crippen LogP contribution in [0.15, 0.2) is 48.7 Å². The zero-order valence-electron chi connectivity index (χ0n) is 14.9. The Bertz CT molecular complexity index is 751. The number of aromatic nitrogens is 1. The quantitative estimate of drug-likeness (QED) is 0.766. The molecular formula is C19H25N2OPS. The maximum Gasteiger partial charge on any atom is 0.273 e. The van der Waals surface area contributed by atoms with Gasteiger partial charge in [0.15, 0.2) is 0 Å². The molecule has 1 aromatic heterocycles. The summed E-state index contributed by atoms with van der Waals surface area (Å²) in [6.07, 6.45) is 1.68. The third-order valence-electron chi connectivity index (χ3n) is 4.04. The molecule has 0 fully saturated rings. The Balaban J connectivity index is 2.56. The van der Waals surface area contributed by atoms with Crippen molar-refractivity contribution in [1.82, 2.24) is 9.88 Å². The third kappa shape index (κ3) is 3.76. The van der Waals surface area contributed by atoms with Crippen LogP contribution in [0.5, 0.6) is 0 Å². The van der Waals surface area contributed by atoms with E-state index < -0.39 is 6.04 Å². The van der Waals surface area contributed by atoms with Gasteiger partial charge in [0.2, 0.25) is 0 Å². The lowest BCUT2D eigenvalue weighted by Crippen LogP contribution is -2.44. The molecule has 0 aliphatic heterocycles. The number of carbonyl (C=O) groups excluding carboxylic acids is 1. The fraction of sp³-hybridized carbons (Fsp3) is 0.368. The number of carbonyl (C=O) groups is 1. The standard InChI is InChI=1S/C19H25N2OPS/c1-14(2)21(15(3)4)19(22)18-17(12-9-13-20-18)23(5,24)16-10-7-6-8-11-16/h6-15H,1-5H3. The lowest BCUT2D eigenvalue weighted by Gasteiger charge is -2.32. The molecule has 1 aromatic carbocycles. The molecule has 2 rings (SSSR count). The van der Waals surface area contributed by atoms with Crippen LogP contribution in [0.1, 0.15) is 38.2 Å². The van der Waals surface area contributed by atoms with Crippen LogP contribution in [0.25, 0.3) is 0 Å². The largest absolute Gasteiger partial charge is 0.332 e. The summed E-state index contributed by atoms with van der Waals surface area (Å²) in [5.41, 5.74) is 0.495. The Morgan fingerprint density at radius 3 is 2.17 bits per heavy atom. The van der Waals surface area contributed by atoms with Gasteiger partial charge in [0.25, 0.3) is 5.91 Å². The van der Waals surface area contributed by atoms with E-state index in [1.54, 1.807) is 6.20 Å². The van der Waals surface area contributed by atoms with E-state index in [4.69, 9.17) is 11.8 Å². The van der Waals surface area contributed by atoms with Gasteiger partial charge in [-0.3, -0.25) is 9.78 Å². The van der Waals surface area contributed by atoms with Crippen LogP contribution in [-0.2, 0) is 11.8 Å². The summed E-state index contributed by atoms with van der Waals surface area (Å²) in [5.74, 6) is -0.0393. The van der Waals surface area contributed by atoms with Crippen LogP contribution < -0.4 is 10.6 Å². The van der Waals surface area contributed by atoms with Crippen LogP contribution in [0.3, 0.4) is 0 Å². The van der Waals surface area contributed by atoms with Crippen LogP contribution in [-0.4, -0.2) is 34.5 Å². The van der Waals surface area contributed by atoms with Gasteiger partial charge in [-0.25, -0.2) is 0 Å². The molecule has 2 aromatic rings. The summed E-state index contributed by atoms with van der Waals surface area (Å²) < 4.78 is 0. The summed E-state index contributed by atoms with van der Waals surface area (Å²) in [6, 6.07) is 12.0. The molecule has 1 unspecified atom stereocenters. The third-order valence-corrected chi connectivity index (χ3v) is 7.83. The lowest BCUT2D eigenvalue weighted by atomic mass is 10.2. The van der Waals surface area contributed by atoms with Gasteiger partial charge in [-0.1, -0.05) is 42.1 Å². The van der Waals surface area contributed by atoms with Gasteiger partial charge >= 0.3 is 0 Å². The van der Waals surface area contributed by atoms with Crippen LogP contribution in [0.2, 0.25) is 0 Å². The minimum Gasteiger partial charge on any atom is -0.332 e. The van der Waals surface area contributed by atoms with Crippen molar-refractivity contribution in [3.05, 3.63) is 54.4 Å². The molecule has 1 amide bonds. The average molecular weight is 360 g/mol. The van der Waals surface area contributed by atoms with E-state index in [0.29, 0.717) is 5.69 Å². The molecule has 0 bridgehead atoms. The number of benzene rings is 1. The second-order valence-corrected chi connectivity index (χ2v) is 11.6. The normalized spacial score (nSPS) is 13.8. The van der Waals surface area contributed by atoms with Crippen molar-refractivity contribution in [2.24, 2.45) is 0 Å². The van der Waals surface area contributed by atoms with Gasteiger partial charge < -0.3 is 4.90 Å². The second-order valence-electron chi connectivity index (χ2n) is 6.53. The van der Waals surface area contributed by atoms with Gasteiger partial charge in [0.05, 0.1) is 0 Å². The monoisotopic (exact) mass is 360 g/mol. The Morgan fingerprint density at radius 1 is 1.04 bits per heavy atom. The Morgan fingerprint density at radius 2 is 1.62 bits per heavy atom. The van der Waals surface area contributed by atoms with Crippen LogP contribution in [0.4, 0.5) is 0 Å². The molecule has 5 heteroatoms. The van der Waals surface area contributed by atoms with Crippen molar-refractivity contribution in [2.45, 2.75) is 39.8 Å². The zero-order valence-corrected chi connectivity index (χ0v) is 16.6. The van der Waals surface area contributed by atoms with E-state index in [2.05, 4.69) is 11.6 Å². The molecule has 3 nitrogen and oxygen atoms in total. The second kappa shape index (κ2) is 7.58. The highest BCUT2D eigenvalue weighted by Gasteiger charge is 2.29. The maximum absolute atomic E-state index is 13.2. The summed E-state index contributed by atoms with van der Waals surface area (Å²) in [6.45, 7) is 10.2. The van der Waals surface area contributed by atoms with E-state index in [-0.39, 0.29) is 18.0 Å². The fourth-order valence-corrected chi connectivity index (χ4v) is 5.70. The van der Waals surface area contributed by atoms with Crippen molar-refractivity contribution in [3.8, 4) is 0 Å². The highest BCUT2D eigenvalue weighted by atomic mass is 32.4. The van der Waals surface area contributed by atoms with Crippen molar-refractivity contribution < 1.29 is 4.79 Å². The number of amides is 1. The zero-order chi connectivity index (χ0) is 17.9. The van der Waals surface area contributed by atoms with Crippen molar-refractivity contribution >= 4 is 34.4 Å². The number of hydrogen-bond acceptors (Lipinski definition) is 3. The van der Waals surface area contributed by atoms with E-state index in [1.807, 2.05) is 75.1 Å². The number of hydrogen-bond donors (Lipinski definition) is 0. The first-order chi connectivity index (χ1) is 11.3. The molecule has 0 saturated heterocycles. The van der Waals surface area contributed by atoms with Gasteiger partial charge in [-0.15, -0.1) is 0 Å². The van der Waals surface area contributed by atoms with Crippen molar-refractivity contribution in [3.63, 3.8) is 0 Å². The summed E-state index contributed by atoms with van der Waals surface area (Å²) in [7, 11) is 0. The van der Waals surface area contributed by atoms with Crippen molar-refractivity contribution in [1.29, 1.82) is 0 Å². The van der Waals surface area contributed by atoms with Crippen molar-refractivity contribution in [2.75, 3.05) is 6.66 Å². The molecule has 128 valence electrons. The smallest absolute Gasteiger partial charge is 0.273 e. The molecule has 0 radical (unpaired) electrons. The molecule has 0 N–H and O–H groups in total. The van der Waals surface area contributed by atoms with E-state index in [9.17, 15) is 4.79 Å². The number of nitrogens with zero attached hydrogens (tertiary/aromatic N) is 2. The first-order valence-electron chi connectivity index (χ1n) is 8.18. The predicted molar refractivity (Wildman–Crippen MR) is 107 cm³/mol. The number of rotatable bonds is 5. The molecule has 0 saturated carbocycles. The Hall–Kier alpha value is -1.51. The molecule has 1 atom stereocenters. The first kappa shape index (κ1) is 18.8. The Kier molecular flexibility index (Phi) is 5.95. The van der Waals surface area contributed by atoms with E-state index >= 15 is 0 Å². The topological polar surface area (TPSA) is 33.2 Å². The average Bonchev–Trinajstić information content (AvgIpc) is 2.55. The summed E-state index contributed by atoms with van der Waals surface area (Å²) in [4.78, 5) is 19.5. The van der Waals surface area contributed by atoms with Gasteiger partial charge in [0, 0.05) is 29.6 Å². The van der Waals surface area contributed by atoms with E-state index in [1.165, 1.54) is 0 Å². The summed E-state index contributed by atoms with van der Waals surface area (Å²) >= 11 is 6.00. The first-order valence-corrected chi connectivity index (χ1v) is 11.4. The van der Waals surface area contributed by atoms with Crippen LogP contribution >= 0.6 is 6.04 Å².